The Balaban J connectivity index is 1.82. The number of aromatic nitrogens is 2. The van der Waals surface area contributed by atoms with Crippen LogP contribution in [0.15, 0.2) is 0 Å². The lowest BCUT2D eigenvalue weighted by atomic mass is 10.2. The number of hydrogen-bond donors (Lipinski definition) is 0. The highest BCUT2D eigenvalue weighted by Gasteiger charge is 2.32. The second kappa shape index (κ2) is 6.13. The predicted molar refractivity (Wildman–Crippen MR) is 85.6 cm³/mol. The van der Waals surface area contributed by atoms with Gasteiger partial charge in [-0.3, -0.25) is 4.90 Å². The molecule has 2 aliphatic rings. The zero-order chi connectivity index (χ0) is 16.6. The molecule has 3 rings (SSSR count). The van der Waals surface area contributed by atoms with E-state index in [0.29, 0.717) is 26.3 Å². The van der Waals surface area contributed by atoms with Gasteiger partial charge in [-0.05, 0) is 32.4 Å². The van der Waals surface area contributed by atoms with Crippen LogP contribution < -0.4 is 4.90 Å². The molecule has 1 fully saturated rings. The summed E-state index contributed by atoms with van der Waals surface area (Å²) in [4.78, 5) is 24.7. The predicted octanol–water partition coefficient (Wildman–Crippen LogP) is 2.22. The number of nitrogens with zero attached hydrogens (tertiary/aromatic N) is 4. The van der Waals surface area contributed by atoms with Gasteiger partial charge in [0.05, 0.1) is 32.0 Å². The number of rotatable bonds is 1. The number of amides is 1. The number of carbonyl (C=O) groups is 1. The van der Waals surface area contributed by atoms with Crippen LogP contribution >= 0.6 is 11.6 Å². The Morgan fingerprint density at radius 1 is 1.22 bits per heavy atom. The van der Waals surface area contributed by atoms with Crippen molar-refractivity contribution in [1.82, 2.24) is 14.9 Å². The molecule has 0 spiro atoms. The molecule has 1 aromatic heterocycles. The van der Waals surface area contributed by atoms with Crippen molar-refractivity contribution in [2.75, 3.05) is 31.2 Å². The molecule has 0 aliphatic carbocycles. The van der Waals surface area contributed by atoms with Gasteiger partial charge in [-0.15, -0.1) is 0 Å². The van der Waals surface area contributed by atoms with Gasteiger partial charge in [0, 0.05) is 18.7 Å². The molecule has 1 aromatic rings. The third-order valence-corrected chi connectivity index (χ3v) is 3.86. The van der Waals surface area contributed by atoms with Crippen molar-refractivity contribution in [3.05, 3.63) is 16.5 Å². The lowest BCUT2D eigenvalue weighted by Crippen LogP contribution is -2.37. The Kier molecular flexibility index (Phi) is 4.33. The second-order valence-corrected chi connectivity index (χ2v) is 7.02. The minimum atomic E-state index is -0.526. The Morgan fingerprint density at radius 3 is 2.57 bits per heavy atom. The minimum absolute atomic E-state index is 0.205. The topological polar surface area (TPSA) is 67.8 Å². The summed E-state index contributed by atoms with van der Waals surface area (Å²) < 4.78 is 10.8. The van der Waals surface area contributed by atoms with Gasteiger partial charge in [-0.1, -0.05) is 0 Å². The molecule has 23 heavy (non-hydrogen) atoms. The molecule has 0 N–H and O–H groups in total. The van der Waals surface area contributed by atoms with Crippen molar-refractivity contribution in [3.8, 4) is 0 Å². The van der Waals surface area contributed by atoms with Crippen molar-refractivity contribution in [2.24, 2.45) is 0 Å². The molecular formula is C15H21ClN4O3. The van der Waals surface area contributed by atoms with Gasteiger partial charge in [0.25, 0.3) is 0 Å². The summed E-state index contributed by atoms with van der Waals surface area (Å²) in [5.41, 5.74) is 1.21. The molecule has 0 saturated carbocycles. The number of carbonyl (C=O) groups excluding carboxylic acids is 1. The van der Waals surface area contributed by atoms with E-state index >= 15 is 0 Å². The number of ether oxygens (including phenoxy) is 2. The van der Waals surface area contributed by atoms with Crippen LogP contribution in [0, 0.1) is 0 Å². The summed E-state index contributed by atoms with van der Waals surface area (Å²) in [5.74, 6) is 0.800. The van der Waals surface area contributed by atoms with Crippen LogP contribution in [-0.4, -0.2) is 52.9 Å². The molecule has 126 valence electrons. The van der Waals surface area contributed by atoms with Gasteiger partial charge in [-0.25, -0.2) is 14.8 Å². The van der Waals surface area contributed by atoms with Crippen LogP contribution in [0.1, 0.15) is 32.0 Å². The average molecular weight is 341 g/mol. The smallest absolute Gasteiger partial charge is 0.410 e. The fourth-order valence-electron chi connectivity index (χ4n) is 2.70. The summed E-state index contributed by atoms with van der Waals surface area (Å²) in [6.45, 7) is 9.21. The largest absolute Gasteiger partial charge is 0.444 e. The van der Waals surface area contributed by atoms with Crippen LogP contribution in [0.5, 0.6) is 0 Å². The van der Waals surface area contributed by atoms with Crippen molar-refractivity contribution in [2.45, 2.75) is 39.5 Å². The Hall–Kier alpha value is -1.60. The molecule has 0 aromatic carbocycles. The number of morpholine rings is 1. The van der Waals surface area contributed by atoms with E-state index in [1.807, 2.05) is 20.8 Å². The third-order valence-electron chi connectivity index (χ3n) is 3.70. The Morgan fingerprint density at radius 2 is 1.91 bits per heavy atom. The number of hydrogen-bond acceptors (Lipinski definition) is 6. The highest BCUT2D eigenvalue weighted by atomic mass is 35.5. The number of anilines is 1. The SMILES string of the molecule is CC(C)(C)OC(=O)N1Cc2nc(Cl)nc(N3CCOCC3)c2C1. The standard InChI is InChI=1S/C15H21ClN4O3/c1-15(2,3)23-14(21)20-8-10-11(9-20)17-13(16)18-12(10)19-4-6-22-7-5-19/h4-9H2,1-3H3. The quantitative estimate of drug-likeness (QED) is 0.730. The summed E-state index contributed by atoms with van der Waals surface area (Å²) in [5, 5.41) is 0.205. The zero-order valence-corrected chi connectivity index (χ0v) is 14.4. The summed E-state index contributed by atoms with van der Waals surface area (Å²) in [7, 11) is 0. The van der Waals surface area contributed by atoms with E-state index < -0.39 is 5.60 Å². The first-order chi connectivity index (χ1) is 10.8. The molecule has 3 heterocycles. The summed E-state index contributed by atoms with van der Waals surface area (Å²) in [6, 6.07) is 0. The second-order valence-electron chi connectivity index (χ2n) is 6.68. The first kappa shape index (κ1) is 16.3. The maximum Gasteiger partial charge on any atom is 0.410 e. The van der Waals surface area contributed by atoms with E-state index in [1.54, 1.807) is 4.90 Å². The van der Waals surface area contributed by atoms with Crippen LogP contribution in [-0.2, 0) is 22.6 Å². The van der Waals surface area contributed by atoms with Crippen LogP contribution in [0.3, 0.4) is 0 Å². The number of fused-ring (bicyclic) bond motifs is 1. The average Bonchev–Trinajstić information content (AvgIpc) is 2.89. The highest BCUT2D eigenvalue weighted by molar-refractivity contribution is 6.28. The summed E-state index contributed by atoms with van der Waals surface area (Å²) >= 11 is 6.07. The van der Waals surface area contributed by atoms with E-state index in [2.05, 4.69) is 14.9 Å². The molecule has 0 atom stereocenters. The van der Waals surface area contributed by atoms with Crippen molar-refractivity contribution >= 4 is 23.5 Å². The molecule has 7 nitrogen and oxygen atoms in total. The van der Waals surface area contributed by atoms with E-state index in [4.69, 9.17) is 21.1 Å². The fraction of sp³-hybridized carbons (Fsp3) is 0.667. The van der Waals surface area contributed by atoms with Gasteiger partial charge in [-0.2, -0.15) is 0 Å². The van der Waals surface area contributed by atoms with Gasteiger partial charge < -0.3 is 14.4 Å². The summed E-state index contributed by atoms with van der Waals surface area (Å²) in [6.07, 6.45) is -0.348. The Labute approximate surface area is 140 Å². The van der Waals surface area contributed by atoms with Crippen molar-refractivity contribution < 1.29 is 14.3 Å². The highest BCUT2D eigenvalue weighted by Crippen LogP contribution is 2.31. The maximum absolute atomic E-state index is 12.3. The van der Waals surface area contributed by atoms with Gasteiger partial charge in [0.2, 0.25) is 5.28 Å². The maximum atomic E-state index is 12.3. The fourth-order valence-corrected chi connectivity index (χ4v) is 2.88. The lowest BCUT2D eigenvalue weighted by Gasteiger charge is -2.29. The van der Waals surface area contributed by atoms with E-state index in [1.165, 1.54) is 0 Å². The van der Waals surface area contributed by atoms with Crippen molar-refractivity contribution in [1.29, 1.82) is 0 Å². The molecular weight excluding hydrogens is 320 g/mol. The normalized spacial score (nSPS) is 18.1. The van der Waals surface area contributed by atoms with Crippen molar-refractivity contribution in [3.63, 3.8) is 0 Å². The monoisotopic (exact) mass is 340 g/mol. The van der Waals surface area contributed by atoms with Crippen LogP contribution in [0.25, 0.3) is 0 Å². The van der Waals surface area contributed by atoms with E-state index in [-0.39, 0.29) is 11.4 Å². The zero-order valence-electron chi connectivity index (χ0n) is 13.6. The van der Waals surface area contributed by atoms with Crippen LogP contribution in [0.4, 0.5) is 10.6 Å². The first-order valence-electron chi connectivity index (χ1n) is 7.69. The van der Waals surface area contributed by atoms with E-state index in [9.17, 15) is 4.79 Å². The molecule has 8 heteroatoms. The molecule has 0 radical (unpaired) electrons. The molecule has 1 amide bonds. The minimum Gasteiger partial charge on any atom is -0.444 e. The molecule has 1 saturated heterocycles. The lowest BCUT2D eigenvalue weighted by molar-refractivity contribution is 0.0240. The Bertz CT molecular complexity index is 611. The molecule has 2 aliphatic heterocycles. The van der Waals surface area contributed by atoms with Gasteiger partial charge >= 0.3 is 6.09 Å². The molecule has 0 bridgehead atoms. The third kappa shape index (κ3) is 3.67. The number of halogens is 1. The first-order valence-corrected chi connectivity index (χ1v) is 8.07. The van der Waals surface area contributed by atoms with E-state index in [0.717, 1.165) is 30.2 Å². The molecule has 0 unspecified atom stereocenters. The van der Waals surface area contributed by atoms with Gasteiger partial charge in [0.1, 0.15) is 11.4 Å². The van der Waals surface area contributed by atoms with Crippen LogP contribution in [0.2, 0.25) is 5.28 Å². The van der Waals surface area contributed by atoms with Gasteiger partial charge in [0.15, 0.2) is 0 Å².